The van der Waals surface area contributed by atoms with Crippen LogP contribution in [-0.2, 0) is 5.41 Å². The van der Waals surface area contributed by atoms with Crippen LogP contribution in [0.5, 0.6) is 0 Å². The molecule has 0 atom stereocenters. The SMILES string of the molecule is CC1(C)c2ccccc2-c2ccc(N(c3cc(-c4ccccc4)cc(-c4ccc(-c5ccccc5)cc4)c3)c3ccc4c(c3)c3ccccc3n4-c3ccccc3)cc21. The zero-order valence-corrected chi connectivity index (χ0v) is 33.2. The Morgan fingerprint density at radius 1 is 0.339 bits per heavy atom. The molecule has 0 radical (unpaired) electrons. The molecule has 59 heavy (non-hydrogen) atoms. The van der Waals surface area contributed by atoms with Crippen molar-refractivity contribution in [3.8, 4) is 50.2 Å². The quantitative estimate of drug-likeness (QED) is 0.157. The normalized spacial score (nSPS) is 12.7. The second-order valence-corrected chi connectivity index (χ2v) is 16.2. The van der Waals surface area contributed by atoms with Crippen LogP contribution in [0, 0.1) is 0 Å². The summed E-state index contributed by atoms with van der Waals surface area (Å²) in [5.41, 5.74) is 19.2. The Morgan fingerprint density at radius 2 is 0.847 bits per heavy atom. The number of fused-ring (bicyclic) bond motifs is 6. The highest BCUT2D eigenvalue weighted by molar-refractivity contribution is 6.11. The second kappa shape index (κ2) is 13.9. The minimum Gasteiger partial charge on any atom is -0.310 e. The Labute approximate surface area is 345 Å². The van der Waals surface area contributed by atoms with Crippen LogP contribution in [0.4, 0.5) is 17.1 Å². The van der Waals surface area contributed by atoms with Gasteiger partial charge in [-0.3, -0.25) is 0 Å². The van der Waals surface area contributed by atoms with Gasteiger partial charge in [0.1, 0.15) is 0 Å². The van der Waals surface area contributed by atoms with Gasteiger partial charge < -0.3 is 9.47 Å². The zero-order valence-electron chi connectivity index (χ0n) is 33.2. The Kier molecular flexibility index (Phi) is 8.20. The molecule has 0 bridgehead atoms. The molecule has 10 aromatic rings. The fourth-order valence-electron chi connectivity index (χ4n) is 9.42. The molecule has 0 aliphatic heterocycles. The molecule has 0 saturated carbocycles. The highest BCUT2D eigenvalue weighted by atomic mass is 15.1. The van der Waals surface area contributed by atoms with Gasteiger partial charge in [0.2, 0.25) is 0 Å². The van der Waals surface area contributed by atoms with Crippen molar-refractivity contribution in [1.29, 1.82) is 0 Å². The van der Waals surface area contributed by atoms with Gasteiger partial charge in [-0.25, -0.2) is 0 Å². The molecule has 1 aliphatic carbocycles. The third-order valence-corrected chi connectivity index (χ3v) is 12.4. The molecule has 0 saturated heterocycles. The Bertz CT molecular complexity index is 3160. The van der Waals surface area contributed by atoms with Crippen LogP contribution < -0.4 is 4.90 Å². The summed E-state index contributed by atoms with van der Waals surface area (Å²) in [7, 11) is 0. The van der Waals surface area contributed by atoms with Crippen LogP contribution in [-0.4, -0.2) is 4.57 Å². The van der Waals surface area contributed by atoms with E-state index in [9.17, 15) is 0 Å². The first kappa shape index (κ1) is 34.8. The zero-order chi connectivity index (χ0) is 39.5. The molecule has 2 heteroatoms. The van der Waals surface area contributed by atoms with E-state index in [1.54, 1.807) is 0 Å². The highest BCUT2D eigenvalue weighted by Gasteiger charge is 2.36. The van der Waals surface area contributed by atoms with Crippen LogP contribution in [0.1, 0.15) is 25.0 Å². The van der Waals surface area contributed by atoms with Gasteiger partial charge in [0, 0.05) is 38.9 Å². The topological polar surface area (TPSA) is 8.17 Å². The van der Waals surface area contributed by atoms with Crippen molar-refractivity contribution in [1.82, 2.24) is 4.57 Å². The smallest absolute Gasteiger partial charge is 0.0542 e. The number of nitrogens with zero attached hydrogens (tertiary/aromatic N) is 2. The third-order valence-electron chi connectivity index (χ3n) is 12.4. The molecule has 0 spiro atoms. The van der Waals surface area contributed by atoms with E-state index >= 15 is 0 Å². The van der Waals surface area contributed by atoms with Crippen molar-refractivity contribution in [2.75, 3.05) is 4.90 Å². The van der Waals surface area contributed by atoms with Crippen LogP contribution in [0.25, 0.3) is 72.0 Å². The monoisotopic (exact) mass is 754 g/mol. The molecule has 1 aliphatic rings. The average molecular weight is 755 g/mol. The fraction of sp³-hybridized carbons (Fsp3) is 0.0526. The summed E-state index contributed by atoms with van der Waals surface area (Å²) >= 11 is 0. The van der Waals surface area contributed by atoms with Crippen molar-refractivity contribution < 1.29 is 0 Å². The van der Waals surface area contributed by atoms with Gasteiger partial charge in [-0.05, 0) is 122 Å². The van der Waals surface area contributed by atoms with E-state index in [2.05, 4.69) is 242 Å². The molecule has 0 amide bonds. The number of hydrogen-bond donors (Lipinski definition) is 0. The van der Waals surface area contributed by atoms with Crippen molar-refractivity contribution in [3.63, 3.8) is 0 Å². The van der Waals surface area contributed by atoms with Gasteiger partial charge in [0.15, 0.2) is 0 Å². The summed E-state index contributed by atoms with van der Waals surface area (Å²) in [4.78, 5) is 2.47. The standard InChI is InChI=1S/C57H42N2/c1-57(2)53-24-14-12-22-49(53)50-32-30-47(38-54(50)57)58(46-31-33-56-52(37-46)51-23-13-15-25-55(51)59(56)45-20-10-5-11-21-45)48-35-43(40-18-8-4-9-19-40)34-44(36-48)42-28-26-41(27-29-42)39-16-6-3-7-17-39/h3-38H,1-2H3. The van der Waals surface area contributed by atoms with Crippen LogP contribution in [0.2, 0.25) is 0 Å². The molecular formula is C57H42N2. The lowest BCUT2D eigenvalue weighted by Gasteiger charge is -2.29. The van der Waals surface area contributed by atoms with Crippen LogP contribution in [0.15, 0.2) is 218 Å². The van der Waals surface area contributed by atoms with E-state index < -0.39 is 0 Å². The number of hydrogen-bond acceptors (Lipinski definition) is 1. The van der Waals surface area contributed by atoms with E-state index in [0.717, 1.165) is 22.7 Å². The highest BCUT2D eigenvalue weighted by Crippen LogP contribution is 2.51. The number of anilines is 3. The summed E-state index contributed by atoms with van der Waals surface area (Å²) in [6, 6.07) is 80.0. The van der Waals surface area contributed by atoms with Crippen LogP contribution in [0.3, 0.4) is 0 Å². The predicted molar refractivity (Wildman–Crippen MR) is 249 cm³/mol. The summed E-state index contributed by atoms with van der Waals surface area (Å²) in [5, 5.41) is 2.45. The average Bonchev–Trinajstić information content (AvgIpc) is 3.75. The lowest BCUT2D eigenvalue weighted by molar-refractivity contribution is 0.660. The molecule has 0 fully saturated rings. The fourth-order valence-corrected chi connectivity index (χ4v) is 9.42. The lowest BCUT2D eigenvalue weighted by atomic mass is 9.82. The van der Waals surface area contributed by atoms with Gasteiger partial charge in [0.05, 0.1) is 11.0 Å². The molecule has 0 N–H and O–H groups in total. The maximum absolute atomic E-state index is 2.47. The summed E-state index contributed by atoms with van der Waals surface area (Å²) in [5.74, 6) is 0. The second-order valence-electron chi connectivity index (χ2n) is 16.2. The first-order chi connectivity index (χ1) is 29.0. The van der Waals surface area contributed by atoms with Gasteiger partial charge in [-0.15, -0.1) is 0 Å². The molecule has 9 aromatic carbocycles. The van der Waals surface area contributed by atoms with Gasteiger partial charge in [-0.2, -0.15) is 0 Å². The molecule has 1 aromatic heterocycles. The minimum absolute atomic E-state index is 0.141. The van der Waals surface area contributed by atoms with Gasteiger partial charge in [0.25, 0.3) is 0 Å². The van der Waals surface area contributed by atoms with E-state index in [1.807, 2.05) is 0 Å². The minimum atomic E-state index is -0.141. The van der Waals surface area contributed by atoms with Crippen LogP contribution >= 0.6 is 0 Å². The predicted octanol–water partition coefficient (Wildman–Crippen LogP) is 15.6. The molecular weight excluding hydrogens is 713 g/mol. The number of aromatic nitrogens is 1. The Balaban J connectivity index is 1.15. The first-order valence-electron chi connectivity index (χ1n) is 20.5. The molecule has 0 unspecified atom stereocenters. The van der Waals surface area contributed by atoms with Gasteiger partial charge >= 0.3 is 0 Å². The summed E-state index contributed by atoms with van der Waals surface area (Å²) < 4.78 is 2.39. The number of para-hydroxylation sites is 2. The number of rotatable bonds is 7. The molecule has 280 valence electrons. The summed E-state index contributed by atoms with van der Waals surface area (Å²) in [6.45, 7) is 4.73. The molecule has 1 heterocycles. The van der Waals surface area contributed by atoms with E-state index in [1.165, 1.54) is 77.4 Å². The van der Waals surface area contributed by atoms with E-state index in [0.29, 0.717) is 0 Å². The van der Waals surface area contributed by atoms with Gasteiger partial charge in [-0.1, -0.05) is 166 Å². The maximum atomic E-state index is 2.47. The van der Waals surface area contributed by atoms with Crippen molar-refractivity contribution in [2.45, 2.75) is 19.3 Å². The lowest BCUT2D eigenvalue weighted by Crippen LogP contribution is -2.16. The first-order valence-corrected chi connectivity index (χ1v) is 20.5. The third kappa shape index (κ3) is 5.87. The number of benzene rings is 9. The van der Waals surface area contributed by atoms with Crippen molar-refractivity contribution in [2.24, 2.45) is 0 Å². The molecule has 11 rings (SSSR count). The molecule has 2 nitrogen and oxygen atoms in total. The Morgan fingerprint density at radius 3 is 1.56 bits per heavy atom. The van der Waals surface area contributed by atoms with E-state index in [-0.39, 0.29) is 5.41 Å². The summed E-state index contributed by atoms with van der Waals surface area (Å²) in [6.07, 6.45) is 0. The largest absolute Gasteiger partial charge is 0.310 e. The Hall–Kier alpha value is -7.42. The van der Waals surface area contributed by atoms with Crippen molar-refractivity contribution >= 4 is 38.9 Å². The van der Waals surface area contributed by atoms with Crippen molar-refractivity contribution in [3.05, 3.63) is 230 Å². The maximum Gasteiger partial charge on any atom is 0.0542 e. The van der Waals surface area contributed by atoms with E-state index in [4.69, 9.17) is 0 Å².